The number of aromatic nitrogens is 3. The number of benzene rings is 1. The Labute approximate surface area is 133 Å². The van der Waals surface area contributed by atoms with Gasteiger partial charge in [-0.2, -0.15) is 5.10 Å². The van der Waals surface area contributed by atoms with Crippen LogP contribution in [-0.4, -0.2) is 45.1 Å². The maximum Gasteiger partial charge on any atom is 0.242 e. The predicted molar refractivity (Wildman–Crippen MR) is 80.6 cm³/mol. The lowest BCUT2D eigenvalue weighted by molar-refractivity contribution is -0.133. The summed E-state index contributed by atoms with van der Waals surface area (Å²) in [6, 6.07) is 5.74. The van der Waals surface area contributed by atoms with E-state index in [-0.39, 0.29) is 36.8 Å². The van der Waals surface area contributed by atoms with Crippen LogP contribution in [0.25, 0.3) is 0 Å². The van der Waals surface area contributed by atoms with Gasteiger partial charge in [0.2, 0.25) is 11.8 Å². The number of halogens is 1. The molecular formula is C15H18FN5O2. The maximum atomic E-state index is 12.9. The molecule has 1 N–H and O–H groups in total. The van der Waals surface area contributed by atoms with Gasteiger partial charge in [-0.1, -0.05) is 12.1 Å². The number of carbonyl (C=O) groups excluding carboxylic acids is 2. The van der Waals surface area contributed by atoms with Crippen LogP contribution in [0.15, 0.2) is 36.9 Å². The molecule has 7 nitrogen and oxygen atoms in total. The Morgan fingerprint density at radius 3 is 2.65 bits per heavy atom. The average molecular weight is 319 g/mol. The van der Waals surface area contributed by atoms with E-state index in [1.54, 1.807) is 19.2 Å². The third kappa shape index (κ3) is 4.60. The molecule has 1 unspecified atom stereocenters. The molecule has 23 heavy (non-hydrogen) atoms. The summed E-state index contributed by atoms with van der Waals surface area (Å²) in [5.74, 6) is -0.893. The first kappa shape index (κ1) is 16.6. The van der Waals surface area contributed by atoms with Gasteiger partial charge in [0.15, 0.2) is 0 Å². The van der Waals surface area contributed by atoms with E-state index < -0.39 is 0 Å². The molecule has 0 spiro atoms. The van der Waals surface area contributed by atoms with Gasteiger partial charge >= 0.3 is 0 Å². The van der Waals surface area contributed by atoms with Crippen LogP contribution in [0.5, 0.6) is 0 Å². The SMILES string of the molecule is CC(c1ccc(F)cc1)N(C)C(=O)CNC(=O)Cn1cncn1. The van der Waals surface area contributed by atoms with Crippen molar-refractivity contribution in [3.8, 4) is 0 Å². The van der Waals surface area contributed by atoms with Crippen molar-refractivity contribution >= 4 is 11.8 Å². The Morgan fingerprint density at radius 1 is 1.35 bits per heavy atom. The second-order valence-electron chi connectivity index (χ2n) is 5.10. The Morgan fingerprint density at radius 2 is 2.04 bits per heavy atom. The Bertz CT molecular complexity index is 657. The molecule has 0 fully saturated rings. The molecule has 1 atom stereocenters. The van der Waals surface area contributed by atoms with E-state index in [1.165, 1.54) is 34.4 Å². The van der Waals surface area contributed by atoms with E-state index in [9.17, 15) is 14.0 Å². The van der Waals surface area contributed by atoms with Gasteiger partial charge in [-0.3, -0.25) is 9.59 Å². The van der Waals surface area contributed by atoms with Gasteiger partial charge < -0.3 is 10.2 Å². The van der Waals surface area contributed by atoms with Crippen molar-refractivity contribution in [2.24, 2.45) is 0 Å². The highest BCUT2D eigenvalue weighted by atomic mass is 19.1. The summed E-state index contributed by atoms with van der Waals surface area (Å²) >= 11 is 0. The molecule has 0 aliphatic rings. The fourth-order valence-corrected chi connectivity index (χ4v) is 2.00. The number of likely N-dealkylation sites (N-methyl/N-ethyl adjacent to an activating group) is 1. The van der Waals surface area contributed by atoms with Gasteiger partial charge in [-0.05, 0) is 24.6 Å². The van der Waals surface area contributed by atoms with Crippen LogP contribution in [0, 0.1) is 5.82 Å². The molecule has 2 aromatic rings. The van der Waals surface area contributed by atoms with Gasteiger partial charge in [0.1, 0.15) is 25.0 Å². The van der Waals surface area contributed by atoms with E-state index in [2.05, 4.69) is 15.4 Å². The Kier molecular flexibility index (Phi) is 5.40. The third-order valence-electron chi connectivity index (χ3n) is 3.54. The summed E-state index contributed by atoms with van der Waals surface area (Å²) in [6.07, 6.45) is 2.75. The monoisotopic (exact) mass is 319 g/mol. The van der Waals surface area contributed by atoms with Crippen LogP contribution in [0.2, 0.25) is 0 Å². The maximum absolute atomic E-state index is 12.9. The molecule has 2 amide bonds. The Hall–Kier alpha value is -2.77. The molecule has 0 aliphatic heterocycles. The van der Waals surface area contributed by atoms with Crippen LogP contribution in [0.3, 0.4) is 0 Å². The van der Waals surface area contributed by atoms with E-state index in [4.69, 9.17) is 0 Å². The first-order valence-corrected chi connectivity index (χ1v) is 7.07. The zero-order valence-corrected chi connectivity index (χ0v) is 12.9. The fraction of sp³-hybridized carbons (Fsp3) is 0.333. The average Bonchev–Trinajstić information content (AvgIpc) is 3.04. The number of nitrogens with one attached hydrogen (secondary N) is 1. The van der Waals surface area contributed by atoms with Gasteiger partial charge in [0.25, 0.3) is 0 Å². The minimum Gasteiger partial charge on any atom is -0.345 e. The minimum absolute atomic E-state index is 0.00447. The number of amides is 2. The lowest BCUT2D eigenvalue weighted by Crippen LogP contribution is -2.40. The highest BCUT2D eigenvalue weighted by Gasteiger charge is 2.18. The first-order chi connectivity index (χ1) is 11.0. The summed E-state index contributed by atoms with van der Waals surface area (Å²) in [6.45, 7) is 1.72. The van der Waals surface area contributed by atoms with Crippen molar-refractivity contribution in [3.05, 3.63) is 48.3 Å². The molecule has 1 aromatic heterocycles. The van der Waals surface area contributed by atoms with Gasteiger partial charge in [-0.15, -0.1) is 0 Å². The molecule has 8 heteroatoms. The molecule has 0 aliphatic carbocycles. The van der Waals surface area contributed by atoms with E-state index in [1.807, 2.05) is 6.92 Å². The molecule has 0 bridgehead atoms. The number of carbonyl (C=O) groups is 2. The number of hydrogen-bond donors (Lipinski definition) is 1. The summed E-state index contributed by atoms with van der Waals surface area (Å²) in [7, 11) is 1.64. The van der Waals surface area contributed by atoms with Crippen LogP contribution >= 0.6 is 0 Å². The predicted octanol–water partition coefficient (Wildman–Crippen LogP) is 0.753. The lowest BCUT2D eigenvalue weighted by atomic mass is 10.1. The molecule has 122 valence electrons. The minimum atomic E-state index is -0.327. The number of nitrogens with zero attached hydrogens (tertiary/aromatic N) is 4. The number of hydrogen-bond acceptors (Lipinski definition) is 4. The van der Waals surface area contributed by atoms with Crippen LogP contribution in [-0.2, 0) is 16.1 Å². The van der Waals surface area contributed by atoms with Crippen molar-refractivity contribution in [2.75, 3.05) is 13.6 Å². The van der Waals surface area contributed by atoms with Crippen LogP contribution in [0.4, 0.5) is 4.39 Å². The molecule has 0 saturated carbocycles. The summed E-state index contributed by atoms with van der Waals surface area (Å²) < 4.78 is 14.3. The van der Waals surface area contributed by atoms with Crippen molar-refractivity contribution < 1.29 is 14.0 Å². The smallest absolute Gasteiger partial charge is 0.242 e. The zero-order chi connectivity index (χ0) is 16.8. The summed E-state index contributed by atoms with van der Waals surface area (Å²) in [5.41, 5.74) is 0.816. The quantitative estimate of drug-likeness (QED) is 0.852. The largest absolute Gasteiger partial charge is 0.345 e. The lowest BCUT2D eigenvalue weighted by Gasteiger charge is -2.25. The van der Waals surface area contributed by atoms with Gasteiger partial charge in [0, 0.05) is 7.05 Å². The van der Waals surface area contributed by atoms with Gasteiger partial charge in [-0.25, -0.2) is 14.1 Å². The Balaban J connectivity index is 1.84. The molecule has 2 rings (SSSR count). The highest BCUT2D eigenvalue weighted by Crippen LogP contribution is 2.18. The highest BCUT2D eigenvalue weighted by molar-refractivity contribution is 5.84. The van der Waals surface area contributed by atoms with Crippen LogP contribution < -0.4 is 5.32 Å². The van der Waals surface area contributed by atoms with Crippen molar-refractivity contribution in [1.29, 1.82) is 0 Å². The summed E-state index contributed by atoms with van der Waals surface area (Å²) in [5, 5.41) is 6.35. The topological polar surface area (TPSA) is 80.1 Å². The molecule has 1 aromatic carbocycles. The third-order valence-corrected chi connectivity index (χ3v) is 3.54. The summed E-state index contributed by atoms with van der Waals surface area (Å²) in [4.78, 5) is 29.1. The zero-order valence-electron chi connectivity index (χ0n) is 12.9. The molecule has 0 saturated heterocycles. The van der Waals surface area contributed by atoms with E-state index in [0.717, 1.165) is 5.56 Å². The normalized spacial score (nSPS) is 11.8. The van der Waals surface area contributed by atoms with Crippen molar-refractivity contribution in [2.45, 2.75) is 19.5 Å². The molecular weight excluding hydrogens is 301 g/mol. The van der Waals surface area contributed by atoms with Crippen molar-refractivity contribution in [1.82, 2.24) is 25.0 Å². The molecule has 1 heterocycles. The standard InChI is InChI=1S/C15H18FN5O2/c1-11(12-3-5-13(16)6-4-12)20(2)15(23)7-18-14(22)8-21-10-17-9-19-21/h3-6,9-11H,7-8H2,1-2H3,(H,18,22). The number of rotatable bonds is 6. The second-order valence-corrected chi connectivity index (χ2v) is 5.10. The van der Waals surface area contributed by atoms with Crippen molar-refractivity contribution in [3.63, 3.8) is 0 Å². The van der Waals surface area contributed by atoms with Gasteiger partial charge in [0.05, 0.1) is 12.6 Å². The second kappa shape index (κ2) is 7.48. The van der Waals surface area contributed by atoms with E-state index >= 15 is 0 Å². The van der Waals surface area contributed by atoms with E-state index in [0.29, 0.717) is 0 Å². The molecule has 0 radical (unpaired) electrons. The first-order valence-electron chi connectivity index (χ1n) is 7.07. The fourth-order valence-electron chi connectivity index (χ4n) is 2.00. The van der Waals surface area contributed by atoms with Crippen LogP contribution in [0.1, 0.15) is 18.5 Å².